The minimum Gasteiger partial charge on any atom is -0.444 e. The van der Waals surface area contributed by atoms with E-state index in [1.807, 2.05) is 6.07 Å². The van der Waals surface area contributed by atoms with Gasteiger partial charge in [-0.2, -0.15) is 5.26 Å². The highest BCUT2D eigenvalue weighted by atomic mass is 16.6. The second-order valence-electron chi connectivity index (χ2n) is 4.42. The number of anilines is 1. The predicted octanol–water partition coefficient (Wildman–Crippen LogP) is 2.00. The lowest BCUT2D eigenvalue weighted by atomic mass is 10.2. The smallest absolute Gasteiger partial charge is 0.413 e. The normalized spacial score (nSPS) is 10.5. The van der Waals surface area contributed by atoms with Crippen molar-refractivity contribution in [2.24, 2.45) is 0 Å². The Hall–Kier alpha value is -2.16. The van der Waals surface area contributed by atoms with E-state index in [2.05, 4.69) is 15.3 Å². The Labute approximate surface area is 99.6 Å². The van der Waals surface area contributed by atoms with Crippen molar-refractivity contribution in [1.29, 1.82) is 5.26 Å². The van der Waals surface area contributed by atoms with Gasteiger partial charge >= 0.3 is 6.09 Å². The van der Waals surface area contributed by atoms with Crippen LogP contribution in [0, 0.1) is 18.3 Å². The number of rotatable bonds is 1. The highest BCUT2D eigenvalue weighted by Gasteiger charge is 2.18. The Bertz CT molecular complexity index is 471. The van der Waals surface area contributed by atoms with Gasteiger partial charge in [-0.05, 0) is 27.7 Å². The van der Waals surface area contributed by atoms with Crippen molar-refractivity contribution in [2.75, 3.05) is 5.32 Å². The highest BCUT2D eigenvalue weighted by Crippen LogP contribution is 2.13. The maximum atomic E-state index is 11.5. The lowest BCUT2D eigenvalue weighted by Gasteiger charge is -2.19. The Morgan fingerprint density at radius 3 is 2.71 bits per heavy atom. The maximum Gasteiger partial charge on any atom is 0.413 e. The first-order valence-corrected chi connectivity index (χ1v) is 5.05. The third-order valence-corrected chi connectivity index (χ3v) is 1.65. The van der Waals surface area contributed by atoms with Gasteiger partial charge in [0.05, 0.1) is 6.20 Å². The molecule has 1 rings (SSSR count). The number of ether oxygens (including phenoxy) is 1. The summed E-state index contributed by atoms with van der Waals surface area (Å²) in [5, 5.41) is 11.3. The van der Waals surface area contributed by atoms with E-state index in [1.54, 1.807) is 27.7 Å². The van der Waals surface area contributed by atoms with E-state index < -0.39 is 11.7 Å². The molecule has 0 aliphatic heterocycles. The quantitative estimate of drug-likeness (QED) is 0.802. The van der Waals surface area contributed by atoms with E-state index in [-0.39, 0.29) is 11.4 Å². The summed E-state index contributed by atoms with van der Waals surface area (Å²) in [4.78, 5) is 19.3. The fourth-order valence-corrected chi connectivity index (χ4v) is 1.05. The van der Waals surface area contributed by atoms with E-state index in [1.165, 1.54) is 6.20 Å². The van der Waals surface area contributed by atoms with Crippen LogP contribution in [0.4, 0.5) is 10.6 Å². The number of nitrogens with zero attached hydrogens (tertiary/aromatic N) is 3. The summed E-state index contributed by atoms with van der Waals surface area (Å²) in [6.07, 6.45) is 0.710. The second kappa shape index (κ2) is 4.78. The standard InChI is InChI=1S/C11H14N4O2/c1-7-13-6-8(5-12)9(14-7)15-10(16)17-11(2,3)4/h6H,1-4H3,(H,13,14,15,16). The fourth-order valence-electron chi connectivity index (χ4n) is 1.05. The first kappa shape index (κ1) is 12.9. The van der Waals surface area contributed by atoms with Gasteiger partial charge in [-0.1, -0.05) is 0 Å². The highest BCUT2D eigenvalue weighted by molar-refractivity contribution is 5.85. The summed E-state index contributed by atoms with van der Waals surface area (Å²) >= 11 is 0. The van der Waals surface area contributed by atoms with Gasteiger partial charge in [0.1, 0.15) is 23.1 Å². The van der Waals surface area contributed by atoms with Gasteiger partial charge in [-0.3, -0.25) is 5.32 Å². The summed E-state index contributed by atoms with van der Waals surface area (Å²) in [6, 6.07) is 1.90. The summed E-state index contributed by atoms with van der Waals surface area (Å²) in [7, 11) is 0. The van der Waals surface area contributed by atoms with Crippen LogP contribution in [0.25, 0.3) is 0 Å². The number of nitrogens with one attached hydrogen (secondary N) is 1. The molecular formula is C11H14N4O2. The SMILES string of the molecule is Cc1ncc(C#N)c(NC(=O)OC(C)(C)C)n1. The van der Waals surface area contributed by atoms with Gasteiger partial charge in [0, 0.05) is 0 Å². The number of aryl methyl sites for hydroxylation is 1. The monoisotopic (exact) mass is 234 g/mol. The van der Waals surface area contributed by atoms with E-state index >= 15 is 0 Å². The molecular weight excluding hydrogens is 220 g/mol. The third-order valence-electron chi connectivity index (χ3n) is 1.65. The molecule has 0 saturated heterocycles. The Morgan fingerprint density at radius 1 is 1.53 bits per heavy atom. The molecule has 1 aromatic rings. The van der Waals surface area contributed by atoms with Gasteiger partial charge < -0.3 is 4.74 Å². The Morgan fingerprint density at radius 2 is 2.18 bits per heavy atom. The molecule has 0 aromatic carbocycles. The van der Waals surface area contributed by atoms with Crippen molar-refractivity contribution >= 4 is 11.9 Å². The minimum absolute atomic E-state index is 0.161. The molecule has 0 spiro atoms. The van der Waals surface area contributed by atoms with Gasteiger partial charge in [-0.15, -0.1) is 0 Å². The zero-order valence-corrected chi connectivity index (χ0v) is 10.2. The molecule has 6 heteroatoms. The van der Waals surface area contributed by atoms with Gasteiger partial charge in [0.25, 0.3) is 0 Å². The van der Waals surface area contributed by atoms with Crippen molar-refractivity contribution in [3.05, 3.63) is 17.6 Å². The van der Waals surface area contributed by atoms with Crippen LogP contribution >= 0.6 is 0 Å². The molecule has 0 radical (unpaired) electrons. The zero-order chi connectivity index (χ0) is 13.1. The van der Waals surface area contributed by atoms with Crippen LogP contribution in [0.5, 0.6) is 0 Å². The molecule has 17 heavy (non-hydrogen) atoms. The topological polar surface area (TPSA) is 87.9 Å². The maximum absolute atomic E-state index is 11.5. The lowest BCUT2D eigenvalue weighted by Crippen LogP contribution is -2.27. The first-order chi connectivity index (χ1) is 7.81. The largest absolute Gasteiger partial charge is 0.444 e. The molecule has 6 nitrogen and oxygen atoms in total. The number of nitriles is 1. The zero-order valence-electron chi connectivity index (χ0n) is 10.2. The molecule has 0 saturated carbocycles. The van der Waals surface area contributed by atoms with Gasteiger partial charge in [0.2, 0.25) is 0 Å². The summed E-state index contributed by atoms with van der Waals surface area (Å²) in [5.74, 6) is 0.629. The molecule has 1 aromatic heterocycles. The van der Waals surface area contributed by atoms with E-state index in [0.29, 0.717) is 5.82 Å². The van der Waals surface area contributed by atoms with Crippen molar-refractivity contribution in [2.45, 2.75) is 33.3 Å². The third kappa shape index (κ3) is 4.07. The average Bonchev–Trinajstić information content (AvgIpc) is 2.14. The van der Waals surface area contributed by atoms with E-state index in [9.17, 15) is 4.79 Å². The van der Waals surface area contributed by atoms with Crippen LogP contribution in [-0.4, -0.2) is 21.7 Å². The summed E-state index contributed by atoms with van der Waals surface area (Å²) < 4.78 is 5.06. The van der Waals surface area contributed by atoms with Crippen molar-refractivity contribution in [3.63, 3.8) is 0 Å². The summed E-state index contributed by atoms with van der Waals surface area (Å²) in [5.41, 5.74) is -0.402. The number of hydrogen-bond donors (Lipinski definition) is 1. The number of amides is 1. The number of carbonyl (C=O) groups is 1. The van der Waals surface area contributed by atoms with E-state index in [0.717, 1.165) is 0 Å². The van der Waals surface area contributed by atoms with E-state index in [4.69, 9.17) is 10.00 Å². The number of carbonyl (C=O) groups excluding carboxylic acids is 1. The molecule has 90 valence electrons. The predicted molar refractivity (Wildman–Crippen MR) is 61.3 cm³/mol. The molecule has 0 unspecified atom stereocenters. The minimum atomic E-state index is -0.646. The van der Waals surface area contributed by atoms with Crippen LogP contribution < -0.4 is 5.32 Å². The van der Waals surface area contributed by atoms with Crippen molar-refractivity contribution in [1.82, 2.24) is 9.97 Å². The van der Waals surface area contributed by atoms with Crippen LogP contribution in [0.2, 0.25) is 0 Å². The molecule has 1 N–H and O–H groups in total. The van der Waals surface area contributed by atoms with Crippen LogP contribution in [0.3, 0.4) is 0 Å². The van der Waals surface area contributed by atoms with Crippen LogP contribution in [-0.2, 0) is 4.74 Å². The van der Waals surface area contributed by atoms with Crippen LogP contribution in [0.15, 0.2) is 6.20 Å². The lowest BCUT2D eigenvalue weighted by molar-refractivity contribution is 0.0635. The summed E-state index contributed by atoms with van der Waals surface area (Å²) in [6.45, 7) is 6.93. The van der Waals surface area contributed by atoms with Gasteiger partial charge in [-0.25, -0.2) is 14.8 Å². The second-order valence-corrected chi connectivity index (χ2v) is 4.42. The van der Waals surface area contributed by atoms with Crippen molar-refractivity contribution < 1.29 is 9.53 Å². The Kier molecular flexibility index (Phi) is 3.63. The molecule has 0 atom stereocenters. The fraction of sp³-hybridized carbons (Fsp3) is 0.455. The molecule has 0 bridgehead atoms. The molecule has 0 aliphatic rings. The molecule has 1 amide bonds. The van der Waals surface area contributed by atoms with Gasteiger partial charge in [0.15, 0.2) is 5.82 Å². The molecule has 1 heterocycles. The number of aromatic nitrogens is 2. The average molecular weight is 234 g/mol. The molecule has 0 aliphatic carbocycles. The molecule has 0 fully saturated rings. The van der Waals surface area contributed by atoms with Crippen LogP contribution in [0.1, 0.15) is 32.2 Å². The first-order valence-electron chi connectivity index (χ1n) is 5.05. The van der Waals surface area contributed by atoms with Crippen molar-refractivity contribution in [3.8, 4) is 6.07 Å². The number of hydrogen-bond acceptors (Lipinski definition) is 5. The Balaban J connectivity index is 2.85.